The molecule has 3 N–H and O–H groups in total. The van der Waals surface area contributed by atoms with Gasteiger partial charge in [0.2, 0.25) is 11.9 Å². The number of benzene rings is 2. The molecule has 1 saturated heterocycles. The Balaban J connectivity index is 1.42. The van der Waals surface area contributed by atoms with Gasteiger partial charge in [0.1, 0.15) is 11.4 Å². The largest absolute Gasteiger partial charge is 0.480 e. The van der Waals surface area contributed by atoms with E-state index >= 15 is 0 Å². The van der Waals surface area contributed by atoms with Gasteiger partial charge < -0.3 is 25.4 Å². The first kappa shape index (κ1) is 32.9. The molecule has 1 atom stereocenters. The maximum absolute atomic E-state index is 13.3. The molecule has 2 amide bonds. The quantitative estimate of drug-likeness (QED) is 0.198. The minimum Gasteiger partial charge on any atom is -0.480 e. The molecule has 1 aliphatic rings. The molecule has 2 heterocycles. The summed E-state index contributed by atoms with van der Waals surface area (Å²) < 4.78 is 45.7. The number of amides is 2. The van der Waals surface area contributed by atoms with E-state index in [9.17, 15) is 32.7 Å². The maximum Gasteiger partial charge on any atom is 0.433 e. The fourth-order valence-corrected chi connectivity index (χ4v) is 4.76. The van der Waals surface area contributed by atoms with Crippen LogP contribution in [0, 0.1) is 9.49 Å². The highest BCUT2D eigenvalue weighted by atomic mass is 127. The average Bonchev–Trinajstić information content (AvgIpc) is 3.01. The fourth-order valence-electron chi connectivity index (χ4n) is 4.40. The summed E-state index contributed by atoms with van der Waals surface area (Å²) in [7, 11) is 0. The molecule has 3 aromatic rings. The second-order valence-electron chi connectivity index (χ2n) is 9.96. The van der Waals surface area contributed by atoms with Gasteiger partial charge in [-0.1, -0.05) is 42.5 Å². The fraction of sp³-hybridized carbons (Fsp3) is 0.300. The van der Waals surface area contributed by atoms with Crippen molar-refractivity contribution in [1.82, 2.24) is 20.6 Å². The lowest BCUT2D eigenvalue weighted by molar-refractivity contribution is -0.143. The Kier molecular flexibility index (Phi) is 11.3. The van der Waals surface area contributed by atoms with E-state index in [4.69, 9.17) is 4.74 Å². The van der Waals surface area contributed by atoms with Gasteiger partial charge in [0.25, 0.3) is 5.91 Å². The van der Waals surface area contributed by atoms with Gasteiger partial charge in [-0.05, 0) is 70.8 Å². The third-order valence-corrected chi connectivity index (χ3v) is 7.48. The van der Waals surface area contributed by atoms with Crippen LogP contribution in [0.3, 0.4) is 0 Å². The van der Waals surface area contributed by atoms with Crippen molar-refractivity contribution < 1.29 is 37.4 Å². The number of halogens is 4. The first-order chi connectivity index (χ1) is 21.0. The predicted octanol–water partition coefficient (Wildman–Crippen LogP) is 4.26. The second-order valence-corrected chi connectivity index (χ2v) is 11.2. The number of anilines is 1. The standard InChI is InChI=1S/C30H29F3IN5O5/c31-30(32,33)25-10-13-35-29(38-25)39-14-11-21(12-15-39)26(40)36-23(16-19-6-8-22(34)9-7-19)27(41)37-24(28(42)43)18-44-17-20-4-2-1-3-5-20/h1-10,13,16,21,24H,11-12,14-15,17-18H2,(H,36,40)(H,37,41)(H,42,43)/t24-/m1/s1. The van der Waals surface area contributed by atoms with Gasteiger partial charge in [-0.2, -0.15) is 13.2 Å². The lowest BCUT2D eigenvalue weighted by Gasteiger charge is -2.31. The van der Waals surface area contributed by atoms with Gasteiger partial charge in [-0.3, -0.25) is 9.59 Å². The van der Waals surface area contributed by atoms with E-state index in [0.717, 1.165) is 21.4 Å². The molecule has 10 nitrogen and oxygen atoms in total. The van der Waals surface area contributed by atoms with Crippen molar-refractivity contribution in [3.63, 3.8) is 0 Å². The number of alkyl halides is 3. The zero-order chi connectivity index (χ0) is 31.7. The molecule has 1 aromatic heterocycles. The van der Waals surface area contributed by atoms with Gasteiger partial charge in [-0.15, -0.1) is 0 Å². The molecular formula is C30H29F3IN5O5. The number of hydrogen-bond acceptors (Lipinski definition) is 7. The van der Waals surface area contributed by atoms with E-state index < -0.39 is 41.6 Å². The lowest BCUT2D eigenvalue weighted by Crippen LogP contribution is -2.48. The molecule has 232 valence electrons. The summed E-state index contributed by atoms with van der Waals surface area (Å²) in [5, 5.41) is 14.8. The van der Waals surface area contributed by atoms with Crippen LogP contribution in [0.2, 0.25) is 0 Å². The van der Waals surface area contributed by atoms with Gasteiger partial charge in [0, 0.05) is 28.8 Å². The Morgan fingerprint density at radius 1 is 1.07 bits per heavy atom. The number of nitrogens with zero attached hydrogens (tertiary/aromatic N) is 3. The molecule has 0 saturated carbocycles. The molecule has 4 rings (SSSR count). The number of hydrogen-bond donors (Lipinski definition) is 3. The highest BCUT2D eigenvalue weighted by Crippen LogP contribution is 2.29. The number of carbonyl (C=O) groups is 3. The zero-order valence-electron chi connectivity index (χ0n) is 23.3. The molecule has 1 aliphatic heterocycles. The van der Waals surface area contributed by atoms with Crippen LogP contribution in [0.15, 0.2) is 72.6 Å². The second kappa shape index (κ2) is 15.1. The summed E-state index contributed by atoms with van der Waals surface area (Å²) in [6, 6.07) is 15.6. The normalized spacial score (nSPS) is 15.0. The molecule has 0 spiro atoms. The van der Waals surface area contributed by atoms with Crippen molar-refractivity contribution >= 4 is 52.4 Å². The van der Waals surface area contributed by atoms with Gasteiger partial charge in [-0.25, -0.2) is 14.8 Å². The molecule has 0 unspecified atom stereocenters. The summed E-state index contributed by atoms with van der Waals surface area (Å²) in [4.78, 5) is 47.6. The molecule has 2 aromatic carbocycles. The van der Waals surface area contributed by atoms with E-state index in [1.54, 1.807) is 17.0 Å². The van der Waals surface area contributed by atoms with Crippen molar-refractivity contribution in [2.24, 2.45) is 5.92 Å². The summed E-state index contributed by atoms with van der Waals surface area (Å²) in [5.74, 6) is -3.24. The van der Waals surface area contributed by atoms with E-state index in [0.29, 0.717) is 5.56 Å². The molecular weight excluding hydrogens is 694 g/mol. The Morgan fingerprint density at radius 2 is 1.75 bits per heavy atom. The molecule has 1 fully saturated rings. The number of aromatic nitrogens is 2. The number of piperidine rings is 1. The molecule has 0 aliphatic carbocycles. The van der Waals surface area contributed by atoms with Gasteiger partial charge in [0.05, 0.1) is 13.2 Å². The average molecular weight is 723 g/mol. The van der Waals surface area contributed by atoms with E-state index in [-0.39, 0.29) is 50.8 Å². The van der Waals surface area contributed by atoms with E-state index in [2.05, 4.69) is 43.2 Å². The van der Waals surface area contributed by atoms with Crippen molar-refractivity contribution in [2.45, 2.75) is 31.7 Å². The first-order valence-electron chi connectivity index (χ1n) is 13.6. The van der Waals surface area contributed by atoms with Crippen LogP contribution in [0.5, 0.6) is 0 Å². The highest BCUT2D eigenvalue weighted by Gasteiger charge is 2.34. The maximum atomic E-state index is 13.3. The van der Waals surface area contributed by atoms with Crippen molar-refractivity contribution in [1.29, 1.82) is 0 Å². The minimum absolute atomic E-state index is 0.0773. The van der Waals surface area contributed by atoms with Crippen molar-refractivity contribution in [3.8, 4) is 0 Å². The third kappa shape index (κ3) is 9.47. The van der Waals surface area contributed by atoms with E-state index in [1.165, 1.54) is 6.08 Å². The molecule has 0 radical (unpaired) electrons. The minimum atomic E-state index is -4.61. The van der Waals surface area contributed by atoms with Crippen LogP contribution >= 0.6 is 22.6 Å². The predicted molar refractivity (Wildman–Crippen MR) is 163 cm³/mol. The Morgan fingerprint density at radius 3 is 2.39 bits per heavy atom. The van der Waals surface area contributed by atoms with E-state index in [1.807, 2.05) is 42.5 Å². The third-order valence-electron chi connectivity index (χ3n) is 6.76. The summed E-state index contributed by atoms with van der Waals surface area (Å²) >= 11 is 2.13. The van der Waals surface area contributed by atoms with Gasteiger partial charge in [0.15, 0.2) is 6.04 Å². The Labute approximate surface area is 264 Å². The first-order valence-corrected chi connectivity index (χ1v) is 14.7. The van der Waals surface area contributed by atoms with Crippen LogP contribution in [-0.2, 0) is 31.9 Å². The number of carboxylic acid groups (broad SMARTS) is 1. The van der Waals surface area contributed by atoms with Crippen LogP contribution in [-0.4, -0.2) is 58.6 Å². The van der Waals surface area contributed by atoms with Gasteiger partial charge >= 0.3 is 12.1 Å². The Bertz CT molecular complexity index is 1480. The number of aliphatic carboxylic acids is 1. The monoisotopic (exact) mass is 723 g/mol. The highest BCUT2D eigenvalue weighted by molar-refractivity contribution is 14.1. The summed E-state index contributed by atoms with van der Waals surface area (Å²) in [5.41, 5.74) is 0.220. The SMILES string of the molecule is O=C(N[C@H](COCc1ccccc1)C(=O)O)C(=Cc1ccc(I)cc1)NC(=O)C1CCN(c2nccc(C(F)(F)F)n2)CC1. The smallest absolute Gasteiger partial charge is 0.433 e. The molecule has 14 heteroatoms. The summed E-state index contributed by atoms with van der Waals surface area (Å²) in [6.45, 7) is 0.285. The number of ether oxygens (including phenoxy) is 1. The number of carbonyl (C=O) groups excluding carboxylic acids is 2. The number of nitrogens with one attached hydrogen (secondary N) is 2. The number of carboxylic acids is 1. The zero-order valence-corrected chi connectivity index (χ0v) is 25.4. The lowest BCUT2D eigenvalue weighted by atomic mass is 9.96. The number of rotatable bonds is 11. The van der Waals surface area contributed by atoms with Crippen LogP contribution in [0.1, 0.15) is 29.7 Å². The summed E-state index contributed by atoms with van der Waals surface area (Å²) in [6.07, 6.45) is -1.58. The van der Waals surface area contributed by atoms with Crippen LogP contribution < -0.4 is 15.5 Å². The van der Waals surface area contributed by atoms with Crippen molar-refractivity contribution in [2.75, 3.05) is 24.6 Å². The van der Waals surface area contributed by atoms with Crippen LogP contribution in [0.25, 0.3) is 6.08 Å². The van der Waals surface area contributed by atoms with Crippen molar-refractivity contribution in [3.05, 3.63) is 92.9 Å². The van der Waals surface area contributed by atoms with Crippen LogP contribution in [0.4, 0.5) is 19.1 Å². The molecule has 0 bridgehead atoms. The molecule has 44 heavy (non-hydrogen) atoms. The Hall–Kier alpha value is -4.05. The topological polar surface area (TPSA) is 134 Å².